The highest BCUT2D eigenvalue weighted by atomic mass is 32.1. The van der Waals surface area contributed by atoms with Gasteiger partial charge in [0.15, 0.2) is 0 Å². The van der Waals surface area contributed by atoms with Gasteiger partial charge in [0.1, 0.15) is 12.2 Å². The molecule has 1 unspecified atom stereocenters. The monoisotopic (exact) mass is 279 g/mol. The lowest BCUT2D eigenvalue weighted by Crippen LogP contribution is -2.23. The average molecular weight is 279 g/mol. The maximum atomic E-state index is 4.39. The highest BCUT2D eigenvalue weighted by Gasteiger charge is 2.17. The van der Waals surface area contributed by atoms with E-state index in [0.29, 0.717) is 0 Å². The van der Waals surface area contributed by atoms with Crippen LogP contribution in [0.3, 0.4) is 0 Å². The summed E-state index contributed by atoms with van der Waals surface area (Å²) in [6.45, 7) is 8.17. The maximum Gasteiger partial charge on any atom is 0.138 e. The van der Waals surface area contributed by atoms with E-state index in [4.69, 9.17) is 0 Å². The predicted octanol–water partition coefficient (Wildman–Crippen LogP) is 2.35. The Bertz CT molecular complexity index is 505. The summed E-state index contributed by atoms with van der Waals surface area (Å²) in [5.41, 5.74) is 0. The van der Waals surface area contributed by atoms with E-state index in [0.717, 1.165) is 36.8 Å². The molecule has 104 valence electrons. The SMILES string of the molecule is CCCn1ncnc1CC(NCC)c1cnc(C)s1. The van der Waals surface area contributed by atoms with Gasteiger partial charge in [-0.1, -0.05) is 13.8 Å². The van der Waals surface area contributed by atoms with E-state index in [1.165, 1.54) is 4.88 Å². The summed E-state index contributed by atoms with van der Waals surface area (Å²) < 4.78 is 2.00. The molecule has 1 atom stereocenters. The van der Waals surface area contributed by atoms with Crippen molar-refractivity contribution in [2.75, 3.05) is 6.54 Å². The van der Waals surface area contributed by atoms with Gasteiger partial charge in [0, 0.05) is 24.0 Å². The fourth-order valence-electron chi connectivity index (χ4n) is 2.09. The second-order valence-electron chi connectivity index (χ2n) is 4.50. The third-order valence-electron chi connectivity index (χ3n) is 2.95. The first-order chi connectivity index (χ1) is 9.24. The Morgan fingerprint density at radius 3 is 2.84 bits per heavy atom. The molecular weight excluding hydrogens is 258 g/mol. The molecule has 2 aromatic rings. The summed E-state index contributed by atoms with van der Waals surface area (Å²) in [5.74, 6) is 1.04. The standard InChI is InChI=1S/C13H21N5S/c1-4-6-18-13(16-9-17-18)7-11(14-5-2)12-8-15-10(3)19-12/h8-9,11,14H,4-7H2,1-3H3. The van der Waals surface area contributed by atoms with E-state index in [1.807, 2.05) is 17.8 Å². The smallest absolute Gasteiger partial charge is 0.138 e. The molecule has 0 radical (unpaired) electrons. The van der Waals surface area contributed by atoms with Crippen LogP contribution in [0, 0.1) is 6.92 Å². The number of nitrogens with zero attached hydrogens (tertiary/aromatic N) is 4. The van der Waals surface area contributed by atoms with Crippen molar-refractivity contribution in [3.63, 3.8) is 0 Å². The molecule has 2 heterocycles. The molecule has 0 aromatic carbocycles. The van der Waals surface area contributed by atoms with Crippen molar-refractivity contribution in [1.82, 2.24) is 25.1 Å². The first kappa shape index (κ1) is 14.1. The van der Waals surface area contributed by atoms with E-state index in [9.17, 15) is 0 Å². The van der Waals surface area contributed by atoms with Crippen LogP contribution < -0.4 is 5.32 Å². The van der Waals surface area contributed by atoms with Gasteiger partial charge in [-0.25, -0.2) is 9.97 Å². The van der Waals surface area contributed by atoms with E-state index in [1.54, 1.807) is 17.7 Å². The van der Waals surface area contributed by atoms with Gasteiger partial charge in [0.2, 0.25) is 0 Å². The Hall–Kier alpha value is -1.27. The molecule has 0 amide bonds. The Morgan fingerprint density at radius 1 is 1.37 bits per heavy atom. The van der Waals surface area contributed by atoms with Crippen molar-refractivity contribution in [3.05, 3.63) is 28.2 Å². The van der Waals surface area contributed by atoms with Crippen LogP contribution in [0.5, 0.6) is 0 Å². The topological polar surface area (TPSA) is 55.6 Å². The summed E-state index contributed by atoms with van der Waals surface area (Å²) in [5, 5.41) is 8.90. The van der Waals surface area contributed by atoms with Crippen molar-refractivity contribution in [2.24, 2.45) is 0 Å². The number of nitrogens with one attached hydrogen (secondary N) is 1. The van der Waals surface area contributed by atoms with E-state index >= 15 is 0 Å². The third-order valence-corrected chi connectivity index (χ3v) is 3.98. The van der Waals surface area contributed by atoms with Crippen LogP contribution in [0.2, 0.25) is 0 Å². The normalized spacial score (nSPS) is 12.8. The van der Waals surface area contributed by atoms with Gasteiger partial charge in [-0.15, -0.1) is 11.3 Å². The lowest BCUT2D eigenvalue weighted by Gasteiger charge is -2.15. The van der Waals surface area contributed by atoms with Crippen LogP contribution in [-0.2, 0) is 13.0 Å². The zero-order valence-electron chi connectivity index (χ0n) is 11.8. The van der Waals surface area contributed by atoms with Crippen molar-refractivity contribution in [2.45, 2.75) is 46.2 Å². The number of likely N-dealkylation sites (N-methyl/N-ethyl adjacent to an activating group) is 1. The molecule has 19 heavy (non-hydrogen) atoms. The van der Waals surface area contributed by atoms with Gasteiger partial charge < -0.3 is 5.32 Å². The molecular formula is C13H21N5S. The number of rotatable bonds is 7. The fourth-order valence-corrected chi connectivity index (χ4v) is 2.95. The van der Waals surface area contributed by atoms with Crippen molar-refractivity contribution >= 4 is 11.3 Å². The highest BCUT2D eigenvalue weighted by molar-refractivity contribution is 7.11. The molecule has 0 aliphatic carbocycles. The zero-order chi connectivity index (χ0) is 13.7. The molecule has 0 saturated carbocycles. The molecule has 2 rings (SSSR count). The number of aryl methyl sites for hydroxylation is 2. The van der Waals surface area contributed by atoms with Gasteiger partial charge in [-0.05, 0) is 19.9 Å². The predicted molar refractivity (Wildman–Crippen MR) is 77.3 cm³/mol. The fraction of sp³-hybridized carbons (Fsp3) is 0.615. The molecule has 0 aliphatic heterocycles. The maximum absolute atomic E-state index is 4.39. The molecule has 0 aliphatic rings. The van der Waals surface area contributed by atoms with Crippen molar-refractivity contribution < 1.29 is 0 Å². The lowest BCUT2D eigenvalue weighted by atomic mass is 10.1. The number of aromatic nitrogens is 4. The molecule has 0 fully saturated rings. The van der Waals surface area contributed by atoms with E-state index in [2.05, 4.69) is 34.2 Å². The Balaban J connectivity index is 2.14. The minimum Gasteiger partial charge on any atom is -0.309 e. The molecule has 0 saturated heterocycles. The van der Waals surface area contributed by atoms with Crippen LogP contribution in [0.1, 0.15) is 42.0 Å². The summed E-state index contributed by atoms with van der Waals surface area (Å²) in [6.07, 6.45) is 5.54. The van der Waals surface area contributed by atoms with Gasteiger partial charge in [-0.3, -0.25) is 4.68 Å². The molecule has 2 aromatic heterocycles. The van der Waals surface area contributed by atoms with Crippen molar-refractivity contribution in [3.8, 4) is 0 Å². The van der Waals surface area contributed by atoms with Crippen LogP contribution in [0.15, 0.2) is 12.5 Å². The minimum absolute atomic E-state index is 0.274. The van der Waals surface area contributed by atoms with Crippen molar-refractivity contribution in [1.29, 1.82) is 0 Å². The van der Waals surface area contributed by atoms with Gasteiger partial charge in [0.05, 0.1) is 11.0 Å². The molecule has 6 heteroatoms. The molecule has 0 bridgehead atoms. The second kappa shape index (κ2) is 6.77. The van der Waals surface area contributed by atoms with E-state index < -0.39 is 0 Å². The number of thiazole rings is 1. The van der Waals surface area contributed by atoms with Crippen LogP contribution in [0.25, 0.3) is 0 Å². The largest absolute Gasteiger partial charge is 0.309 e. The summed E-state index contributed by atoms with van der Waals surface area (Å²) in [6, 6.07) is 0.274. The van der Waals surface area contributed by atoms with Gasteiger partial charge >= 0.3 is 0 Å². The Morgan fingerprint density at radius 2 is 2.21 bits per heavy atom. The van der Waals surface area contributed by atoms with Crippen LogP contribution in [0.4, 0.5) is 0 Å². The number of hydrogen-bond donors (Lipinski definition) is 1. The van der Waals surface area contributed by atoms with Gasteiger partial charge in [-0.2, -0.15) is 5.10 Å². The first-order valence-corrected chi connectivity index (χ1v) is 7.58. The third kappa shape index (κ3) is 3.61. The number of hydrogen-bond acceptors (Lipinski definition) is 5. The zero-order valence-corrected chi connectivity index (χ0v) is 12.6. The van der Waals surface area contributed by atoms with Gasteiger partial charge in [0.25, 0.3) is 0 Å². The molecule has 1 N–H and O–H groups in total. The summed E-state index contributed by atoms with van der Waals surface area (Å²) in [4.78, 5) is 10.00. The highest BCUT2D eigenvalue weighted by Crippen LogP contribution is 2.23. The van der Waals surface area contributed by atoms with E-state index in [-0.39, 0.29) is 6.04 Å². The minimum atomic E-state index is 0.274. The average Bonchev–Trinajstić information content (AvgIpc) is 2.99. The lowest BCUT2D eigenvalue weighted by molar-refractivity contribution is 0.503. The second-order valence-corrected chi connectivity index (χ2v) is 5.76. The Kier molecular flexibility index (Phi) is 5.04. The van der Waals surface area contributed by atoms with Crippen LogP contribution in [-0.4, -0.2) is 26.3 Å². The summed E-state index contributed by atoms with van der Waals surface area (Å²) >= 11 is 1.75. The quantitative estimate of drug-likeness (QED) is 0.845. The first-order valence-electron chi connectivity index (χ1n) is 6.77. The Labute approximate surface area is 118 Å². The molecule has 0 spiro atoms. The summed E-state index contributed by atoms with van der Waals surface area (Å²) in [7, 11) is 0. The van der Waals surface area contributed by atoms with Crippen LogP contribution >= 0.6 is 11.3 Å². The molecule has 5 nitrogen and oxygen atoms in total.